The highest BCUT2D eigenvalue weighted by molar-refractivity contribution is 6.31. The fourth-order valence-corrected chi connectivity index (χ4v) is 4.33. The maximum absolute atomic E-state index is 12.3. The molecule has 1 aromatic heterocycles. The molecule has 3 fully saturated rings. The first kappa shape index (κ1) is 20.1. The third kappa shape index (κ3) is 3.94. The summed E-state index contributed by atoms with van der Waals surface area (Å²) in [6.07, 6.45) is 1.22. The number of piperidine rings is 1. The van der Waals surface area contributed by atoms with Gasteiger partial charge in [0, 0.05) is 37.4 Å². The van der Waals surface area contributed by atoms with E-state index in [1.165, 1.54) is 12.3 Å². The summed E-state index contributed by atoms with van der Waals surface area (Å²) in [5.74, 6) is -0.541. The molecule has 3 atom stereocenters. The topological polar surface area (TPSA) is 116 Å². The molecular weight excluding hydrogens is 404 g/mol. The first-order chi connectivity index (χ1) is 14.5. The average molecular weight is 423 g/mol. The molecule has 9 heteroatoms. The summed E-state index contributed by atoms with van der Waals surface area (Å²) in [4.78, 5) is 20.6. The van der Waals surface area contributed by atoms with Gasteiger partial charge >= 0.3 is 0 Å². The van der Waals surface area contributed by atoms with Crippen molar-refractivity contribution >= 4 is 28.9 Å². The molecule has 152 valence electrons. The van der Waals surface area contributed by atoms with Gasteiger partial charge in [-0.1, -0.05) is 11.6 Å². The quantitative estimate of drug-likeness (QED) is 0.753. The molecule has 3 unspecified atom stereocenters. The van der Waals surface area contributed by atoms with Crippen molar-refractivity contribution in [2.45, 2.75) is 24.6 Å². The summed E-state index contributed by atoms with van der Waals surface area (Å²) in [6, 6.07) is 13.6. The van der Waals surface area contributed by atoms with Crippen LogP contribution in [0.25, 0.3) is 0 Å². The number of hydrogen-bond acceptors (Lipinski definition) is 7. The zero-order valence-corrected chi connectivity index (χ0v) is 16.8. The van der Waals surface area contributed by atoms with Gasteiger partial charge in [-0.15, -0.1) is 0 Å². The number of aromatic nitrogens is 1. The highest BCUT2D eigenvalue weighted by Gasteiger charge is 2.45. The summed E-state index contributed by atoms with van der Waals surface area (Å²) in [6.45, 7) is 1.74. The molecule has 4 heterocycles. The van der Waals surface area contributed by atoms with Crippen molar-refractivity contribution in [3.05, 3.63) is 52.8 Å². The molecule has 0 radical (unpaired) electrons. The Labute approximate surface area is 178 Å². The lowest BCUT2D eigenvalue weighted by Gasteiger charge is -2.58. The van der Waals surface area contributed by atoms with Gasteiger partial charge in [0.1, 0.15) is 12.2 Å². The predicted molar refractivity (Wildman–Crippen MR) is 111 cm³/mol. The van der Waals surface area contributed by atoms with Crippen molar-refractivity contribution in [1.29, 1.82) is 10.5 Å². The number of carbonyl (C=O) groups is 1. The Hall–Kier alpha value is -3.17. The van der Waals surface area contributed by atoms with Crippen LogP contribution in [0.4, 0.5) is 11.4 Å². The molecule has 5 rings (SSSR count). The van der Waals surface area contributed by atoms with Crippen LogP contribution in [-0.2, 0) is 4.79 Å². The number of aliphatic hydroxyl groups is 1. The monoisotopic (exact) mass is 422 g/mol. The minimum atomic E-state index is -1.19. The van der Waals surface area contributed by atoms with E-state index in [0.29, 0.717) is 23.3 Å². The number of carbonyl (C=O) groups excluding carboxylic acids is 1. The summed E-state index contributed by atoms with van der Waals surface area (Å²) in [5.41, 5.74) is 2.14. The van der Waals surface area contributed by atoms with E-state index in [1.54, 1.807) is 0 Å². The Kier molecular flexibility index (Phi) is 5.56. The van der Waals surface area contributed by atoms with E-state index in [0.717, 1.165) is 25.2 Å². The van der Waals surface area contributed by atoms with Gasteiger partial charge in [0.15, 0.2) is 5.69 Å². The Bertz CT molecular complexity index is 1030. The molecule has 0 aliphatic carbocycles. The highest BCUT2D eigenvalue weighted by atomic mass is 35.5. The van der Waals surface area contributed by atoms with Gasteiger partial charge in [0.25, 0.3) is 5.91 Å². The number of amides is 1. The molecule has 3 aliphatic rings. The first-order valence-electron chi connectivity index (χ1n) is 9.54. The third-order valence-electron chi connectivity index (χ3n) is 5.51. The fourth-order valence-electron chi connectivity index (χ4n) is 4.12. The van der Waals surface area contributed by atoms with Gasteiger partial charge in [-0.2, -0.15) is 10.5 Å². The normalized spacial score (nSPS) is 21.1. The molecule has 0 saturated carbocycles. The second-order valence-electron chi connectivity index (χ2n) is 7.50. The summed E-state index contributed by atoms with van der Waals surface area (Å²) >= 11 is 5.92. The lowest BCUT2D eigenvalue weighted by atomic mass is 9.86. The number of nitrogens with zero attached hydrogens (tertiary/aromatic N) is 5. The number of nitrogens with one attached hydrogen (secondary N) is 1. The number of rotatable bonds is 5. The van der Waals surface area contributed by atoms with Crippen LogP contribution in [0.1, 0.15) is 17.7 Å². The number of piperazine rings is 1. The SMILES string of the molecule is N#Cc1ccc(N2C3CC2CN(CC(O)C(=O)Nc2cnc(C#N)c(Cl)c2)C3)cc1. The van der Waals surface area contributed by atoms with Gasteiger partial charge in [-0.05, 0) is 36.8 Å². The van der Waals surface area contributed by atoms with Gasteiger partial charge < -0.3 is 15.3 Å². The summed E-state index contributed by atoms with van der Waals surface area (Å²) < 4.78 is 0. The van der Waals surface area contributed by atoms with E-state index >= 15 is 0 Å². The molecule has 1 amide bonds. The third-order valence-corrected chi connectivity index (χ3v) is 5.80. The molecule has 2 bridgehead atoms. The van der Waals surface area contributed by atoms with Crippen LogP contribution < -0.4 is 10.2 Å². The Morgan fingerprint density at radius 2 is 1.97 bits per heavy atom. The number of pyridine rings is 1. The maximum atomic E-state index is 12.3. The fraction of sp³-hybridized carbons (Fsp3) is 0.333. The van der Waals surface area contributed by atoms with Crippen molar-refractivity contribution in [1.82, 2.24) is 9.88 Å². The summed E-state index contributed by atoms with van der Waals surface area (Å²) in [5, 5.41) is 30.9. The number of fused-ring (bicyclic) bond motifs is 2. The van der Waals surface area contributed by atoms with Crippen LogP contribution in [0.5, 0.6) is 0 Å². The van der Waals surface area contributed by atoms with Crippen LogP contribution in [0, 0.1) is 22.7 Å². The summed E-state index contributed by atoms with van der Waals surface area (Å²) in [7, 11) is 0. The number of aliphatic hydroxyl groups excluding tert-OH is 1. The van der Waals surface area contributed by atoms with Crippen LogP contribution in [0.2, 0.25) is 5.02 Å². The van der Waals surface area contributed by atoms with Crippen molar-refractivity contribution in [2.24, 2.45) is 0 Å². The van der Waals surface area contributed by atoms with Gasteiger partial charge in [0.2, 0.25) is 0 Å². The van der Waals surface area contributed by atoms with Crippen molar-refractivity contribution in [3.63, 3.8) is 0 Å². The van der Waals surface area contributed by atoms with E-state index in [2.05, 4.69) is 26.2 Å². The Morgan fingerprint density at radius 1 is 1.27 bits per heavy atom. The smallest absolute Gasteiger partial charge is 0.254 e. The predicted octanol–water partition coefficient (Wildman–Crippen LogP) is 1.74. The largest absolute Gasteiger partial charge is 0.382 e. The van der Waals surface area contributed by atoms with Gasteiger partial charge in [-0.3, -0.25) is 9.69 Å². The first-order valence-corrected chi connectivity index (χ1v) is 9.91. The van der Waals surface area contributed by atoms with E-state index in [-0.39, 0.29) is 17.3 Å². The van der Waals surface area contributed by atoms with Crippen LogP contribution >= 0.6 is 11.6 Å². The van der Waals surface area contributed by atoms with Crippen molar-refractivity contribution < 1.29 is 9.90 Å². The maximum Gasteiger partial charge on any atom is 0.254 e. The number of hydrogen-bond donors (Lipinski definition) is 2. The molecule has 3 saturated heterocycles. The van der Waals surface area contributed by atoms with Crippen LogP contribution in [0.3, 0.4) is 0 Å². The highest BCUT2D eigenvalue weighted by Crippen LogP contribution is 2.37. The molecule has 1 aromatic carbocycles. The number of anilines is 2. The minimum Gasteiger partial charge on any atom is -0.382 e. The lowest BCUT2D eigenvalue weighted by molar-refractivity contribution is -0.125. The van der Waals surface area contributed by atoms with Gasteiger partial charge in [0.05, 0.1) is 28.5 Å². The second kappa shape index (κ2) is 8.29. The minimum absolute atomic E-state index is 0.0783. The van der Waals surface area contributed by atoms with E-state index in [9.17, 15) is 9.90 Å². The zero-order valence-electron chi connectivity index (χ0n) is 16.0. The Morgan fingerprint density at radius 3 is 2.57 bits per heavy atom. The average Bonchev–Trinajstić information content (AvgIpc) is 2.74. The molecule has 3 aliphatic heterocycles. The Balaban J connectivity index is 1.31. The number of benzene rings is 1. The van der Waals surface area contributed by atoms with E-state index < -0.39 is 12.0 Å². The zero-order chi connectivity index (χ0) is 21.3. The molecule has 0 spiro atoms. The number of nitriles is 2. The molecule has 30 heavy (non-hydrogen) atoms. The van der Waals surface area contributed by atoms with Crippen LogP contribution in [0.15, 0.2) is 36.5 Å². The van der Waals surface area contributed by atoms with Gasteiger partial charge in [-0.25, -0.2) is 4.98 Å². The van der Waals surface area contributed by atoms with E-state index in [4.69, 9.17) is 22.1 Å². The van der Waals surface area contributed by atoms with Crippen molar-refractivity contribution in [3.8, 4) is 12.1 Å². The number of halogens is 1. The molecular formula is C21H19ClN6O2. The molecule has 8 nitrogen and oxygen atoms in total. The van der Waals surface area contributed by atoms with Crippen LogP contribution in [-0.4, -0.2) is 58.7 Å². The standard InChI is InChI=1S/C21H19ClN6O2/c22-18-5-14(9-25-19(18)8-24)26-21(30)20(29)12-27-10-16-6-17(11-27)28(16)15-3-1-13(7-23)2-4-15/h1-5,9,16-17,20,29H,6,10-12H2,(H,26,30). The van der Waals surface area contributed by atoms with E-state index in [1.807, 2.05) is 30.3 Å². The lowest BCUT2D eigenvalue weighted by Crippen LogP contribution is -2.69. The molecule has 2 N–H and O–H groups in total. The van der Waals surface area contributed by atoms with Crippen molar-refractivity contribution in [2.75, 3.05) is 29.9 Å². The second-order valence-corrected chi connectivity index (χ2v) is 7.91. The molecule has 2 aromatic rings.